The monoisotopic (exact) mass is 466 g/mol. The van der Waals surface area contributed by atoms with E-state index in [4.69, 9.17) is 4.74 Å². The second-order valence-electron chi connectivity index (χ2n) is 7.78. The Hall–Kier alpha value is -3.65. The van der Waals surface area contributed by atoms with Crippen LogP contribution in [0.3, 0.4) is 0 Å². The summed E-state index contributed by atoms with van der Waals surface area (Å²) in [7, 11) is -3.77. The molecule has 3 rings (SSSR count). The van der Waals surface area contributed by atoms with Crippen LogP contribution >= 0.6 is 0 Å². The number of sulfonamides is 1. The molecule has 0 bridgehead atoms. The van der Waals surface area contributed by atoms with Crippen molar-refractivity contribution in [3.8, 4) is 0 Å². The molecule has 0 saturated carbocycles. The summed E-state index contributed by atoms with van der Waals surface area (Å²) in [5, 5.41) is 2.73. The maximum atomic E-state index is 12.6. The van der Waals surface area contributed by atoms with E-state index in [0.717, 1.165) is 16.7 Å². The van der Waals surface area contributed by atoms with Crippen molar-refractivity contribution in [3.05, 3.63) is 89.0 Å². The average Bonchev–Trinajstić information content (AvgIpc) is 2.77. The second kappa shape index (κ2) is 9.87. The van der Waals surface area contributed by atoms with E-state index in [0.29, 0.717) is 11.4 Å². The Balaban J connectivity index is 1.63. The van der Waals surface area contributed by atoms with Crippen LogP contribution in [0.25, 0.3) is 0 Å². The fourth-order valence-corrected chi connectivity index (χ4v) is 4.14. The van der Waals surface area contributed by atoms with Crippen molar-refractivity contribution in [2.24, 2.45) is 0 Å². The third kappa shape index (κ3) is 5.98. The van der Waals surface area contributed by atoms with Gasteiger partial charge in [0.05, 0.1) is 10.5 Å². The van der Waals surface area contributed by atoms with Crippen LogP contribution in [-0.4, -0.2) is 26.4 Å². The van der Waals surface area contributed by atoms with Gasteiger partial charge in [-0.25, -0.2) is 13.2 Å². The van der Waals surface area contributed by atoms with E-state index >= 15 is 0 Å². The zero-order valence-corrected chi connectivity index (χ0v) is 19.7. The molecule has 3 aromatic carbocycles. The number of anilines is 2. The lowest BCUT2D eigenvalue weighted by Gasteiger charge is -2.15. The Labute approximate surface area is 193 Å². The van der Waals surface area contributed by atoms with Gasteiger partial charge in [-0.2, -0.15) is 0 Å². The summed E-state index contributed by atoms with van der Waals surface area (Å²) in [6.07, 6.45) is -1.01. The van der Waals surface area contributed by atoms with E-state index < -0.39 is 28.0 Å². The Morgan fingerprint density at radius 2 is 1.52 bits per heavy atom. The van der Waals surface area contributed by atoms with Crippen molar-refractivity contribution in [1.82, 2.24) is 0 Å². The maximum absolute atomic E-state index is 12.6. The van der Waals surface area contributed by atoms with E-state index in [1.165, 1.54) is 31.2 Å². The van der Waals surface area contributed by atoms with Crippen LogP contribution < -0.4 is 10.0 Å². The number of carbonyl (C=O) groups excluding carboxylic acids is 2. The summed E-state index contributed by atoms with van der Waals surface area (Å²) in [5.74, 6) is -1.14. The zero-order chi connectivity index (χ0) is 24.2. The molecule has 0 aliphatic heterocycles. The van der Waals surface area contributed by atoms with Gasteiger partial charge in [0, 0.05) is 11.4 Å². The maximum Gasteiger partial charge on any atom is 0.338 e. The molecule has 8 heteroatoms. The number of nitrogens with one attached hydrogen (secondary N) is 2. The summed E-state index contributed by atoms with van der Waals surface area (Å²) in [6.45, 7) is 7.10. The number of amides is 1. The fraction of sp³-hybridized carbons (Fsp3) is 0.200. The van der Waals surface area contributed by atoms with Gasteiger partial charge in [-0.05, 0) is 86.8 Å². The predicted molar refractivity (Wildman–Crippen MR) is 128 cm³/mol. The molecule has 0 aliphatic rings. The highest BCUT2D eigenvalue weighted by atomic mass is 32.2. The zero-order valence-electron chi connectivity index (χ0n) is 18.9. The van der Waals surface area contributed by atoms with Crippen molar-refractivity contribution in [2.75, 3.05) is 10.0 Å². The number of hydrogen-bond donors (Lipinski definition) is 2. The van der Waals surface area contributed by atoms with Crippen LogP contribution in [0, 0.1) is 20.8 Å². The Morgan fingerprint density at radius 3 is 2.15 bits per heavy atom. The van der Waals surface area contributed by atoms with E-state index in [1.54, 1.807) is 30.3 Å². The molecule has 172 valence electrons. The first-order valence-corrected chi connectivity index (χ1v) is 11.8. The number of para-hydroxylation sites is 1. The first-order chi connectivity index (χ1) is 15.6. The van der Waals surface area contributed by atoms with Crippen LogP contribution in [0.2, 0.25) is 0 Å². The molecule has 33 heavy (non-hydrogen) atoms. The first-order valence-electron chi connectivity index (χ1n) is 10.3. The quantitative estimate of drug-likeness (QED) is 0.496. The molecule has 2 N–H and O–H groups in total. The van der Waals surface area contributed by atoms with Gasteiger partial charge in [0.2, 0.25) is 0 Å². The third-order valence-electron chi connectivity index (χ3n) is 5.22. The van der Waals surface area contributed by atoms with Crippen LogP contribution in [0.1, 0.15) is 34.0 Å². The standard InChI is InChI=1S/C25H26N2O5S/c1-16-9-14-22(15-18(16)3)33(30,31)27-21-12-10-20(11-13-21)25(29)32-19(4)24(28)26-23-8-6-5-7-17(23)2/h5-15,19,27H,1-4H3,(H,26,28). The number of aryl methyl sites for hydroxylation is 3. The molecule has 0 saturated heterocycles. The summed E-state index contributed by atoms with van der Waals surface area (Å²) >= 11 is 0. The summed E-state index contributed by atoms with van der Waals surface area (Å²) in [4.78, 5) is 24.9. The highest BCUT2D eigenvalue weighted by Gasteiger charge is 2.20. The minimum absolute atomic E-state index is 0.155. The van der Waals surface area contributed by atoms with E-state index in [9.17, 15) is 18.0 Å². The van der Waals surface area contributed by atoms with E-state index in [2.05, 4.69) is 10.0 Å². The molecule has 7 nitrogen and oxygen atoms in total. The largest absolute Gasteiger partial charge is 0.449 e. The molecular formula is C25H26N2O5S. The molecule has 1 unspecified atom stereocenters. The SMILES string of the molecule is Cc1ccc(S(=O)(=O)Nc2ccc(C(=O)OC(C)C(=O)Nc3ccccc3C)cc2)cc1C. The number of ether oxygens (including phenoxy) is 1. The Bertz CT molecular complexity index is 1280. The number of esters is 1. The van der Waals surface area contributed by atoms with Crippen LogP contribution in [0.5, 0.6) is 0 Å². The van der Waals surface area contributed by atoms with Gasteiger partial charge in [-0.15, -0.1) is 0 Å². The number of carbonyl (C=O) groups is 2. The van der Waals surface area contributed by atoms with E-state index in [1.807, 2.05) is 32.9 Å². The summed E-state index contributed by atoms with van der Waals surface area (Å²) in [5.41, 5.74) is 3.90. The third-order valence-corrected chi connectivity index (χ3v) is 6.60. The Kier molecular flexibility index (Phi) is 7.18. The van der Waals surface area contributed by atoms with Crippen molar-refractivity contribution < 1.29 is 22.7 Å². The highest BCUT2D eigenvalue weighted by molar-refractivity contribution is 7.92. The molecular weight excluding hydrogens is 440 g/mol. The molecule has 0 fully saturated rings. The normalized spacial score (nSPS) is 12.0. The smallest absolute Gasteiger partial charge is 0.338 e. The highest BCUT2D eigenvalue weighted by Crippen LogP contribution is 2.20. The molecule has 0 aliphatic carbocycles. The van der Waals surface area contributed by atoms with Crippen LogP contribution in [0.4, 0.5) is 11.4 Å². The molecule has 1 amide bonds. The summed E-state index contributed by atoms with van der Waals surface area (Å²) < 4.78 is 33.0. The number of hydrogen-bond acceptors (Lipinski definition) is 5. The van der Waals surface area contributed by atoms with Crippen LogP contribution in [0.15, 0.2) is 71.6 Å². The van der Waals surface area contributed by atoms with Gasteiger partial charge in [-0.3, -0.25) is 9.52 Å². The van der Waals surface area contributed by atoms with Crippen molar-refractivity contribution in [1.29, 1.82) is 0 Å². The topological polar surface area (TPSA) is 102 Å². The average molecular weight is 467 g/mol. The second-order valence-corrected chi connectivity index (χ2v) is 9.46. The molecule has 0 heterocycles. The first kappa shape index (κ1) is 24.0. The van der Waals surface area contributed by atoms with Crippen molar-refractivity contribution in [3.63, 3.8) is 0 Å². The lowest BCUT2D eigenvalue weighted by molar-refractivity contribution is -0.123. The summed E-state index contributed by atoms with van der Waals surface area (Å²) in [6, 6.07) is 18.0. The van der Waals surface area contributed by atoms with Crippen LogP contribution in [-0.2, 0) is 19.6 Å². The van der Waals surface area contributed by atoms with Gasteiger partial charge < -0.3 is 10.1 Å². The Morgan fingerprint density at radius 1 is 0.848 bits per heavy atom. The lowest BCUT2D eigenvalue weighted by atomic mass is 10.1. The van der Waals surface area contributed by atoms with Gasteiger partial charge in [0.15, 0.2) is 6.10 Å². The fourth-order valence-electron chi connectivity index (χ4n) is 3.00. The van der Waals surface area contributed by atoms with Gasteiger partial charge >= 0.3 is 5.97 Å². The predicted octanol–water partition coefficient (Wildman–Crippen LogP) is 4.60. The molecule has 1 atom stereocenters. The molecule has 0 aromatic heterocycles. The van der Waals surface area contributed by atoms with Gasteiger partial charge in [0.1, 0.15) is 0 Å². The lowest BCUT2D eigenvalue weighted by Crippen LogP contribution is -2.30. The van der Waals surface area contributed by atoms with Gasteiger partial charge in [-0.1, -0.05) is 24.3 Å². The van der Waals surface area contributed by atoms with Crippen molar-refractivity contribution >= 4 is 33.3 Å². The molecule has 3 aromatic rings. The molecule has 0 radical (unpaired) electrons. The number of rotatable bonds is 7. The van der Waals surface area contributed by atoms with Gasteiger partial charge in [0.25, 0.3) is 15.9 Å². The number of benzene rings is 3. The molecule has 0 spiro atoms. The minimum atomic E-state index is -3.77. The van der Waals surface area contributed by atoms with Crippen molar-refractivity contribution in [2.45, 2.75) is 38.7 Å². The minimum Gasteiger partial charge on any atom is -0.449 e. The van der Waals surface area contributed by atoms with E-state index in [-0.39, 0.29) is 10.5 Å².